The molecule has 0 atom stereocenters. The average Bonchev–Trinajstić information content (AvgIpc) is 2.46. The number of likely N-dealkylation sites (tertiary alicyclic amines) is 1. The van der Waals surface area contributed by atoms with Gasteiger partial charge in [0.1, 0.15) is 0 Å². The van der Waals surface area contributed by atoms with Gasteiger partial charge < -0.3 is 10.0 Å². The van der Waals surface area contributed by atoms with E-state index in [1.807, 2.05) is 31.2 Å². The molecule has 0 aromatic heterocycles. The maximum absolute atomic E-state index is 12.4. The number of amides is 1. The predicted octanol–water partition coefficient (Wildman–Crippen LogP) is 3.01. The number of hydrogen-bond donors (Lipinski definition) is 1. The van der Waals surface area contributed by atoms with Crippen LogP contribution in [0, 0.1) is 8.99 Å². The number of piperidine rings is 1. The number of halogens is 1. The van der Waals surface area contributed by atoms with Gasteiger partial charge in [0.2, 0.25) is 0 Å². The fraction of sp³-hybridized carbons (Fsp3) is 0.467. The van der Waals surface area contributed by atoms with Gasteiger partial charge in [-0.05, 0) is 60.1 Å². The molecule has 5 heteroatoms. The molecule has 1 aromatic carbocycles. The molecule has 1 fully saturated rings. The van der Waals surface area contributed by atoms with Crippen LogP contribution in [0.25, 0.3) is 0 Å². The third-order valence-electron chi connectivity index (χ3n) is 4.21. The van der Waals surface area contributed by atoms with Gasteiger partial charge in [0.15, 0.2) is 0 Å². The topological polar surface area (TPSA) is 57.6 Å². The van der Waals surface area contributed by atoms with Gasteiger partial charge in [-0.25, -0.2) is 0 Å². The predicted molar refractivity (Wildman–Crippen MR) is 84.7 cm³/mol. The summed E-state index contributed by atoms with van der Waals surface area (Å²) in [4.78, 5) is 25.6. The number of carbonyl (C=O) groups is 2. The Hall–Kier alpha value is -1.11. The summed E-state index contributed by atoms with van der Waals surface area (Å²) < 4.78 is 1.03. The Balaban J connectivity index is 2.07. The molecule has 0 radical (unpaired) electrons. The van der Waals surface area contributed by atoms with Crippen LogP contribution in [0.3, 0.4) is 0 Å². The van der Waals surface area contributed by atoms with Gasteiger partial charge in [-0.3, -0.25) is 9.59 Å². The number of benzene rings is 1. The summed E-state index contributed by atoms with van der Waals surface area (Å²) >= 11 is 2.18. The normalized spacial score (nSPS) is 17.8. The molecular weight excluding hydrogens is 369 g/mol. The van der Waals surface area contributed by atoms with Crippen LogP contribution >= 0.6 is 22.6 Å². The van der Waals surface area contributed by atoms with Crippen LogP contribution in [0.5, 0.6) is 0 Å². The molecule has 0 saturated carbocycles. The zero-order valence-electron chi connectivity index (χ0n) is 11.4. The van der Waals surface area contributed by atoms with Crippen molar-refractivity contribution in [2.24, 2.45) is 5.41 Å². The number of rotatable bonds is 3. The van der Waals surface area contributed by atoms with Crippen molar-refractivity contribution in [2.45, 2.75) is 26.2 Å². The second-order valence-corrected chi connectivity index (χ2v) is 6.49. The lowest BCUT2D eigenvalue weighted by Gasteiger charge is -2.38. The summed E-state index contributed by atoms with van der Waals surface area (Å²) in [6.45, 7) is 2.94. The minimum atomic E-state index is -0.735. The molecule has 1 saturated heterocycles. The molecule has 0 unspecified atom stereocenters. The van der Waals surface area contributed by atoms with Gasteiger partial charge in [-0.1, -0.05) is 13.0 Å². The van der Waals surface area contributed by atoms with Crippen molar-refractivity contribution in [3.63, 3.8) is 0 Å². The molecule has 0 aliphatic carbocycles. The first kappa shape index (κ1) is 15.3. The van der Waals surface area contributed by atoms with E-state index < -0.39 is 11.4 Å². The van der Waals surface area contributed by atoms with Crippen molar-refractivity contribution in [3.05, 3.63) is 33.4 Å². The Kier molecular flexibility index (Phi) is 4.67. The maximum atomic E-state index is 12.4. The summed E-state index contributed by atoms with van der Waals surface area (Å²) in [5.41, 5.74) is 0.0262. The smallest absolute Gasteiger partial charge is 0.309 e. The molecule has 0 spiro atoms. The number of carbonyl (C=O) groups excluding carboxylic acids is 1. The fourth-order valence-electron chi connectivity index (χ4n) is 2.66. The first-order valence-corrected chi connectivity index (χ1v) is 7.84. The highest BCUT2D eigenvalue weighted by Gasteiger charge is 2.40. The zero-order chi connectivity index (χ0) is 14.8. The summed E-state index contributed by atoms with van der Waals surface area (Å²) in [6, 6.07) is 7.48. The second kappa shape index (κ2) is 6.11. The zero-order valence-corrected chi connectivity index (χ0v) is 13.6. The van der Waals surface area contributed by atoms with E-state index in [4.69, 9.17) is 0 Å². The first-order valence-electron chi connectivity index (χ1n) is 6.77. The number of nitrogens with zero attached hydrogens (tertiary/aromatic N) is 1. The van der Waals surface area contributed by atoms with Gasteiger partial charge >= 0.3 is 5.97 Å². The standard InChI is InChI=1S/C15H18INO3/c1-2-15(14(19)20)6-8-17(9-7-15)13(18)11-4-3-5-12(16)10-11/h3-5,10H,2,6-9H2,1H3,(H,19,20). The molecule has 1 heterocycles. The molecule has 0 bridgehead atoms. The van der Waals surface area contributed by atoms with E-state index in [1.54, 1.807) is 4.90 Å². The fourth-order valence-corrected chi connectivity index (χ4v) is 3.20. The minimum Gasteiger partial charge on any atom is -0.481 e. The lowest BCUT2D eigenvalue weighted by atomic mass is 9.76. The van der Waals surface area contributed by atoms with Crippen molar-refractivity contribution >= 4 is 34.5 Å². The van der Waals surface area contributed by atoms with Crippen LogP contribution in [0.4, 0.5) is 0 Å². The molecule has 20 heavy (non-hydrogen) atoms. The van der Waals surface area contributed by atoms with Gasteiger partial charge in [0, 0.05) is 22.2 Å². The van der Waals surface area contributed by atoms with Crippen molar-refractivity contribution < 1.29 is 14.7 Å². The van der Waals surface area contributed by atoms with Gasteiger partial charge in [-0.2, -0.15) is 0 Å². The summed E-state index contributed by atoms with van der Waals surface area (Å²) in [6.07, 6.45) is 1.69. The van der Waals surface area contributed by atoms with E-state index in [0.717, 1.165) is 3.57 Å². The van der Waals surface area contributed by atoms with Crippen molar-refractivity contribution in [1.82, 2.24) is 4.90 Å². The lowest BCUT2D eigenvalue weighted by molar-refractivity contribution is -0.152. The molecule has 1 aliphatic rings. The monoisotopic (exact) mass is 387 g/mol. The molecule has 108 valence electrons. The Bertz CT molecular complexity index is 522. The van der Waals surface area contributed by atoms with Crippen LogP contribution in [0.15, 0.2) is 24.3 Å². The lowest BCUT2D eigenvalue weighted by Crippen LogP contribution is -2.46. The number of aliphatic carboxylic acids is 1. The van der Waals surface area contributed by atoms with Crippen molar-refractivity contribution in [1.29, 1.82) is 0 Å². The van der Waals surface area contributed by atoms with E-state index >= 15 is 0 Å². The summed E-state index contributed by atoms with van der Waals surface area (Å²) in [5.74, 6) is -0.736. The van der Waals surface area contributed by atoms with E-state index in [0.29, 0.717) is 37.9 Å². The van der Waals surface area contributed by atoms with Gasteiger partial charge in [0.25, 0.3) is 5.91 Å². The van der Waals surface area contributed by atoms with E-state index in [9.17, 15) is 14.7 Å². The summed E-state index contributed by atoms with van der Waals surface area (Å²) in [7, 11) is 0. The van der Waals surface area contributed by atoms with Crippen LogP contribution in [-0.4, -0.2) is 35.0 Å². The number of hydrogen-bond acceptors (Lipinski definition) is 2. The molecule has 1 aliphatic heterocycles. The highest BCUT2D eigenvalue weighted by molar-refractivity contribution is 14.1. The SMILES string of the molecule is CCC1(C(=O)O)CCN(C(=O)c2cccc(I)c2)CC1. The molecule has 4 nitrogen and oxygen atoms in total. The Morgan fingerprint density at radius 2 is 2.00 bits per heavy atom. The van der Waals surface area contributed by atoms with Gasteiger partial charge in [0.05, 0.1) is 5.41 Å². The Morgan fingerprint density at radius 3 is 2.50 bits per heavy atom. The summed E-state index contributed by atoms with van der Waals surface area (Å²) in [5, 5.41) is 9.36. The second-order valence-electron chi connectivity index (χ2n) is 5.24. The maximum Gasteiger partial charge on any atom is 0.309 e. The van der Waals surface area contributed by atoms with E-state index in [2.05, 4.69) is 22.6 Å². The quantitative estimate of drug-likeness (QED) is 0.812. The highest BCUT2D eigenvalue weighted by atomic mass is 127. The first-order chi connectivity index (χ1) is 9.48. The molecular formula is C15H18INO3. The third-order valence-corrected chi connectivity index (χ3v) is 4.88. The Morgan fingerprint density at radius 1 is 1.35 bits per heavy atom. The molecule has 1 amide bonds. The third kappa shape index (κ3) is 2.97. The molecule has 2 rings (SSSR count). The van der Waals surface area contributed by atoms with Crippen LogP contribution in [0.2, 0.25) is 0 Å². The minimum absolute atomic E-state index is 0.00129. The van der Waals surface area contributed by atoms with E-state index in [-0.39, 0.29) is 5.91 Å². The largest absolute Gasteiger partial charge is 0.481 e. The van der Waals surface area contributed by atoms with Crippen LogP contribution in [0.1, 0.15) is 36.5 Å². The van der Waals surface area contributed by atoms with Crippen molar-refractivity contribution in [2.75, 3.05) is 13.1 Å². The van der Waals surface area contributed by atoms with Crippen LogP contribution in [-0.2, 0) is 4.79 Å². The van der Waals surface area contributed by atoms with Crippen LogP contribution < -0.4 is 0 Å². The van der Waals surface area contributed by atoms with Gasteiger partial charge in [-0.15, -0.1) is 0 Å². The van der Waals surface area contributed by atoms with E-state index in [1.165, 1.54) is 0 Å². The number of carboxylic acids is 1. The average molecular weight is 387 g/mol. The number of carboxylic acid groups (broad SMARTS) is 1. The Labute approximate surface area is 132 Å². The molecule has 1 aromatic rings. The molecule has 1 N–H and O–H groups in total. The van der Waals surface area contributed by atoms with Crippen molar-refractivity contribution in [3.8, 4) is 0 Å². The highest BCUT2D eigenvalue weighted by Crippen LogP contribution is 2.35.